The van der Waals surface area contributed by atoms with E-state index in [2.05, 4.69) is 5.32 Å². The molecule has 2 atom stereocenters. The van der Waals surface area contributed by atoms with Crippen LogP contribution >= 0.6 is 0 Å². The zero-order valence-corrected chi connectivity index (χ0v) is 14.4. The molecule has 136 valence electrons. The fraction of sp³-hybridized carbons (Fsp3) is 0.556. The molecular weight excluding hydrogens is 333 g/mol. The number of nitriles is 1. The number of aliphatic hydroxyl groups excluding tert-OH is 1. The second kappa shape index (κ2) is 6.34. The molecule has 1 fully saturated rings. The maximum atomic E-state index is 13.0. The van der Waals surface area contributed by atoms with E-state index in [0.29, 0.717) is 12.8 Å². The molecule has 0 aliphatic heterocycles. The van der Waals surface area contributed by atoms with Crippen LogP contribution in [0.5, 0.6) is 0 Å². The van der Waals surface area contributed by atoms with Gasteiger partial charge in [-0.15, -0.1) is 0 Å². The molecule has 2 rings (SSSR count). The predicted molar refractivity (Wildman–Crippen MR) is 86.5 cm³/mol. The molecule has 1 aliphatic carbocycles. The predicted octanol–water partition coefficient (Wildman–Crippen LogP) is 4.09. The van der Waals surface area contributed by atoms with E-state index in [1.54, 1.807) is 6.92 Å². The van der Waals surface area contributed by atoms with Gasteiger partial charge in [0.1, 0.15) is 0 Å². The molecule has 25 heavy (non-hydrogen) atoms. The number of hydrogen-bond donors (Lipinski definition) is 2. The van der Waals surface area contributed by atoms with Crippen molar-refractivity contribution in [1.29, 1.82) is 5.26 Å². The maximum absolute atomic E-state index is 13.0. The van der Waals surface area contributed by atoms with Crippen LogP contribution in [0.1, 0.15) is 51.2 Å². The normalized spacial score (nSPS) is 25.9. The van der Waals surface area contributed by atoms with Crippen LogP contribution in [0.3, 0.4) is 0 Å². The van der Waals surface area contributed by atoms with Crippen LogP contribution in [0.25, 0.3) is 0 Å². The zero-order valence-electron chi connectivity index (χ0n) is 14.4. The minimum atomic E-state index is -4.68. The third-order valence-corrected chi connectivity index (χ3v) is 4.59. The van der Waals surface area contributed by atoms with Gasteiger partial charge in [0.2, 0.25) is 5.91 Å². The van der Waals surface area contributed by atoms with Gasteiger partial charge in [0.25, 0.3) is 0 Å². The number of alkyl halides is 3. The lowest BCUT2D eigenvalue weighted by atomic mass is 9.63. The Bertz CT molecular complexity index is 722. The fourth-order valence-electron chi connectivity index (χ4n) is 3.84. The largest absolute Gasteiger partial charge is 0.417 e. The summed E-state index contributed by atoms with van der Waals surface area (Å²) in [5.74, 6) is -0.433. The lowest BCUT2D eigenvalue weighted by Gasteiger charge is -2.44. The van der Waals surface area contributed by atoms with Crippen LogP contribution in [0.4, 0.5) is 18.9 Å². The molecule has 4 nitrogen and oxygen atoms in total. The van der Waals surface area contributed by atoms with E-state index in [9.17, 15) is 23.1 Å². The van der Waals surface area contributed by atoms with Crippen molar-refractivity contribution in [3.63, 3.8) is 0 Å². The van der Waals surface area contributed by atoms with Gasteiger partial charge in [-0.25, -0.2) is 0 Å². The van der Waals surface area contributed by atoms with E-state index in [4.69, 9.17) is 5.26 Å². The van der Waals surface area contributed by atoms with Gasteiger partial charge in [0, 0.05) is 11.1 Å². The minimum absolute atomic E-state index is 0.0181. The van der Waals surface area contributed by atoms with Gasteiger partial charge < -0.3 is 10.4 Å². The van der Waals surface area contributed by atoms with E-state index in [0.717, 1.165) is 12.1 Å². The second-order valence-corrected chi connectivity index (χ2v) is 7.79. The average Bonchev–Trinajstić information content (AvgIpc) is 2.43. The Labute approximate surface area is 144 Å². The van der Waals surface area contributed by atoms with Gasteiger partial charge in [0.15, 0.2) is 0 Å². The van der Waals surface area contributed by atoms with Crippen molar-refractivity contribution in [3.8, 4) is 6.07 Å². The number of nitrogens with zero attached hydrogens (tertiary/aromatic N) is 1. The lowest BCUT2D eigenvalue weighted by Crippen LogP contribution is -2.45. The van der Waals surface area contributed by atoms with Crippen molar-refractivity contribution in [3.05, 3.63) is 29.3 Å². The summed E-state index contributed by atoms with van der Waals surface area (Å²) < 4.78 is 39.1. The molecule has 1 aromatic rings. The number of halogens is 3. The van der Waals surface area contributed by atoms with Crippen LogP contribution in [0.2, 0.25) is 0 Å². The molecule has 7 heteroatoms. The number of nitrogens with one attached hydrogen (secondary N) is 1. The molecule has 1 aliphatic rings. The Morgan fingerprint density at radius 2 is 1.96 bits per heavy atom. The van der Waals surface area contributed by atoms with Crippen LogP contribution in [-0.4, -0.2) is 17.1 Å². The number of amides is 1. The molecule has 0 spiro atoms. The third kappa shape index (κ3) is 4.31. The molecule has 0 bridgehead atoms. The van der Waals surface area contributed by atoms with E-state index in [1.165, 1.54) is 12.1 Å². The Kier molecular flexibility index (Phi) is 4.88. The van der Waals surface area contributed by atoms with Gasteiger partial charge in [-0.2, -0.15) is 18.4 Å². The number of aliphatic hydroxyl groups is 1. The smallest absolute Gasteiger partial charge is 0.393 e. The van der Waals surface area contributed by atoms with Gasteiger partial charge in [-0.05, 0) is 42.9 Å². The topological polar surface area (TPSA) is 73.1 Å². The molecule has 0 aromatic heterocycles. The summed E-state index contributed by atoms with van der Waals surface area (Å²) in [6.45, 7) is 5.61. The van der Waals surface area contributed by atoms with E-state index >= 15 is 0 Å². The summed E-state index contributed by atoms with van der Waals surface area (Å²) in [6, 6.07) is 4.59. The van der Waals surface area contributed by atoms with Crippen molar-refractivity contribution < 1.29 is 23.1 Å². The number of benzene rings is 1. The summed E-state index contributed by atoms with van der Waals surface area (Å²) in [5.41, 5.74) is -2.72. The number of hydrogen-bond acceptors (Lipinski definition) is 3. The third-order valence-electron chi connectivity index (χ3n) is 4.59. The van der Waals surface area contributed by atoms with Crippen LogP contribution < -0.4 is 5.32 Å². The fourth-order valence-corrected chi connectivity index (χ4v) is 3.84. The van der Waals surface area contributed by atoms with Crippen LogP contribution in [-0.2, 0) is 11.0 Å². The first-order chi connectivity index (χ1) is 11.4. The first-order valence-electron chi connectivity index (χ1n) is 7.97. The quantitative estimate of drug-likeness (QED) is 0.840. The summed E-state index contributed by atoms with van der Waals surface area (Å²) in [5, 5.41) is 21.4. The highest BCUT2D eigenvalue weighted by Gasteiger charge is 2.45. The van der Waals surface area contributed by atoms with E-state index < -0.39 is 34.7 Å². The molecule has 2 N–H and O–H groups in total. The number of carbonyl (C=O) groups is 1. The summed E-state index contributed by atoms with van der Waals surface area (Å²) in [4.78, 5) is 12.7. The second-order valence-electron chi connectivity index (χ2n) is 7.79. The SMILES string of the molecule is CC1(C)CC(O)CC(C)(C(=O)Nc2ccc(C#N)c(C(F)(F)F)c2)C1. The molecule has 2 unspecified atom stereocenters. The van der Waals surface area contributed by atoms with E-state index in [1.807, 2.05) is 13.8 Å². The van der Waals surface area contributed by atoms with Gasteiger partial charge in [-0.3, -0.25) is 4.79 Å². The molecule has 1 saturated carbocycles. The van der Waals surface area contributed by atoms with Crippen molar-refractivity contribution in [1.82, 2.24) is 0 Å². The first kappa shape index (κ1) is 19.3. The Balaban J connectivity index is 2.28. The monoisotopic (exact) mass is 354 g/mol. The highest BCUT2D eigenvalue weighted by atomic mass is 19.4. The minimum Gasteiger partial charge on any atom is -0.393 e. The van der Waals surface area contributed by atoms with E-state index in [-0.39, 0.29) is 17.5 Å². The number of anilines is 1. The molecule has 0 saturated heterocycles. The average molecular weight is 354 g/mol. The van der Waals surface area contributed by atoms with Crippen molar-refractivity contribution in [2.45, 2.75) is 52.3 Å². The van der Waals surface area contributed by atoms with Gasteiger partial charge in [-0.1, -0.05) is 20.8 Å². The number of rotatable bonds is 2. The molecule has 1 amide bonds. The molecule has 0 heterocycles. The van der Waals surface area contributed by atoms with Gasteiger partial charge >= 0.3 is 6.18 Å². The summed E-state index contributed by atoms with van der Waals surface area (Å²) >= 11 is 0. The van der Waals surface area contributed by atoms with Crippen LogP contribution in [0, 0.1) is 22.2 Å². The lowest BCUT2D eigenvalue weighted by molar-refractivity contribution is -0.138. The van der Waals surface area contributed by atoms with Crippen molar-refractivity contribution in [2.24, 2.45) is 10.8 Å². The molecular formula is C18H21F3N2O2. The highest BCUT2D eigenvalue weighted by molar-refractivity contribution is 5.95. The highest BCUT2D eigenvalue weighted by Crippen LogP contribution is 2.46. The number of carbonyl (C=O) groups excluding carboxylic acids is 1. The van der Waals surface area contributed by atoms with Crippen molar-refractivity contribution >= 4 is 11.6 Å². The first-order valence-corrected chi connectivity index (χ1v) is 7.97. The molecule has 1 aromatic carbocycles. The van der Waals surface area contributed by atoms with Crippen molar-refractivity contribution in [2.75, 3.05) is 5.32 Å². The molecule has 0 radical (unpaired) electrons. The Morgan fingerprint density at radius 1 is 1.32 bits per heavy atom. The van der Waals surface area contributed by atoms with Crippen LogP contribution in [0.15, 0.2) is 18.2 Å². The Hall–Kier alpha value is -2.07. The standard InChI is InChI=1S/C18H21F3N2O2/c1-16(2)7-13(24)8-17(3,10-16)15(25)23-12-5-4-11(9-22)14(6-12)18(19,20)21/h4-6,13,24H,7-8,10H2,1-3H3,(H,23,25). The maximum Gasteiger partial charge on any atom is 0.417 e. The van der Waals surface area contributed by atoms with Gasteiger partial charge in [0.05, 0.1) is 23.3 Å². The Morgan fingerprint density at radius 3 is 2.48 bits per heavy atom. The zero-order chi connectivity index (χ0) is 19.0. The summed E-state index contributed by atoms with van der Waals surface area (Å²) in [6.07, 6.45) is -3.97. The summed E-state index contributed by atoms with van der Waals surface area (Å²) in [7, 11) is 0.